The Morgan fingerprint density at radius 1 is 1.07 bits per heavy atom. The molecule has 1 aliphatic rings. The van der Waals surface area contributed by atoms with Crippen LogP contribution in [0.3, 0.4) is 0 Å². The molecule has 1 N–H and O–H groups in total. The highest BCUT2D eigenvalue weighted by Crippen LogP contribution is 2.33. The fraction of sp³-hybridized carbons (Fsp3) is 0.316. The maximum absolute atomic E-state index is 13.8. The van der Waals surface area contributed by atoms with Gasteiger partial charge in [0.1, 0.15) is 13.2 Å². The van der Waals surface area contributed by atoms with Gasteiger partial charge < -0.3 is 14.8 Å². The number of hydrogen-bond donors (Lipinski definition) is 1. The number of hydrogen-bond acceptors (Lipinski definition) is 5. The summed E-state index contributed by atoms with van der Waals surface area (Å²) in [4.78, 5) is 12.2. The summed E-state index contributed by atoms with van der Waals surface area (Å²) in [6, 6.07) is 5.61. The molecule has 2 aromatic carbocycles. The highest BCUT2D eigenvalue weighted by atomic mass is 32.2. The Balaban J connectivity index is 1.81. The lowest BCUT2D eigenvalue weighted by Gasteiger charge is -2.23. The van der Waals surface area contributed by atoms with E-state index < -0.39 is 45.6 Å². The molecule has 1 heterocycles. The van der Waals surface area contributed by atoms with Crippen molar-refractivity contribution in [1.29, 1.82) is 0 Å². The van der Waals surface area contributed by atoms with Crippen molar-refractivity contribution >= 4 is 21.6 Å². The number of ether oxygens (including phenoxy) is 2. The van der Waals surface area contributed by atoms with Gasteiger partial charge in [-0.3, -0.25) is 4.79 Å². The molecule has 30 heavy (non-hydrogen) atoms. The minimum Gasteiger partial charge on any atom is -0.486 e. The van der Waals surface area contributed by atoms with E-state index in [2.05, 4.69) is 5.32 Å². The maximum atomic E-state index is 13.8. The second-order valence-corrected chi connectivity index (χ2v) is 8.35. The number of sulfonamides is 1. The summed E-state index contributed by atoms with van der Waals surface area (Å²) in [7, 11) is -4.10. The lowest BCUT2D eigenvalue weighted by atomic mass is 10.2. The summed E-state index contributed by atoms with van der Waals surface area (Å²) in [6.07, 6.45) is 0.399. The third-order valence-corrected chi connectivity index (χ3v) is 6.09. The van der Waals surface area contributed by atoms with Gasteiger partial charge in [0.05, 0.1) is 17.1 Å². The first-order chi connectivity index (χ1) is 14.2. The fourth-order valence-electron chi connectivity index (χ4n) is 2.84. The van der Waals surface area contributed by atoms with Crippen LogP contribution in [0.1, 0.15) is 13.3 Å². The number of fused-ring (bicyclic) bond motifs is 1. The SMILES string of the molecule is CCCN(CC(=O)Nc1ccc(F)c(F)c1F)S(=O)(=O)c1ccc2c(c1)OCCO2. The van der Waals surface area contributed by atoms with E-state index in [1.54, 1.807) is 6.92 Å². The van der Waals surface area contributed by atoms with Gasteiger partial charge in [-0.05, 0) is 30.7 Å². The van der Waals surface area contributed by atoms with Gasteiger partial charge >= 0.3 is 0 Å². The van der Waals surface area contributed by atoms with E-state index >= 15 is 0 Å². The van der Waals surface area contributed by atoms with Crippen LogP contribution in [-0.2, 0) is 14.8 Å². The number of anilines is 1. The van der Waals surface area contributed by atoms with Crippen LogP contribution >= 0.6 is 0 Å². The summed E-state index contributed by atoms with van der Waals surface area (Å²) in [5.74, 6) is -4.93. The molecule has 1 amide bonds. The molecule has 11 heteroatoms. The maximum Gasteiger partial charge on any atom is 0.243 e. The van der Waals surface area contributed by atoms with Gasteiger partial charge in [-0.1, -0.05) is 6.92 Å². The van der Waals surface area contributed by atoms with Crippen molar-refractivity contribution in [2.24, 2.45) is 0 Å². The normalized spacial score (nSPS) is 13.4. The second kappa shape index (κ2) is 8.92. The molecule has 0 unspecified atom stereocenters. The van der Waals surface area contributed by atoms with E-state index in [4.69, 9.17) is 9.47 Å². The van der Waals surface area contributed by atoms with E-state index in [0.29, 0.717) is 24.8 Å². The Hall–Kier alpha value is -2.79. The van der Waals surface area contributed by atoms with Crippen molar-refractivity contribution in [3.63, 3.8) is 0 Å². The average Bonchev–Trinajstić information content (AvgIpc) is 2.73. The molecule has 0 saturated heterocycles. The van der Waals surface area contributed by atoms with Gasteiger partial charge in [-0.2, -0.15) is 4.31 Å². The first kappa shape index (κ1) is 21.9. The number of carbonyl (C=O) groups is 1. The van der Waals surface area contributed by atoms with Crippen LogP contribution in [0.15, 0.2) is 35.2 Å². The van der Waals surface area contributed by atoms with Gasteiger partial charge in [0.15, 0.2) is 29.0 Å². The minimum atomic E-state index is -4.10. The van der Waals surface area contributed by atoms with Gasteiger partial charge in [0.2, 0.25) is 15.9 Å². The van der Waals surface area contributed by atoms with Crippen molar-refractivity contribution < 1.29 is 35.9 Å². The fourth-order valence-corrected chi connectivity index (χ4v) is 4.34. The van der Waals surface area contributed by atoms with E-state index in [-0.39, 0.29) is 23.8 Å². The molecule has 3 rings (SSSR count). The smallest absolute Gasteiger partial charge is 0.243 e. The van der Waals surface area contributed by atoms with Crippen molar-refractivity contribution in [3.05, 3.63) is 47.8 Å². The highest BCUT2D eigenvalue weighted by Gasteiger charge is 2.28. The topological polar surface area (TPSA) is 84.9 Å². The predicted molar refractivity (Wildman–Crippen MR) is 101 cm³/mol. The Morgan fingerprint density at radius 2 is 1.77 bits per heavy atom. The summed E-state index contributed by atoms with van der Waals surface area (Å²) in [5.41, 5.74) is -0.591. The van der Waals surface area contributed by atoms with Crippen LogP contribution in [-0.4, -0.2) is 44.9 Å². The zero-order valence-electron chi connectivity index (χ0n) is 16.0. The summed E-state index contributed by atoms with van der Waals surface area (Å²) >= 11 is 0. The Labute approximate surface area is 171 Å². The Morgan fingerprint density at radius 3 is 2.47 bits per heavy atom. The number of amides is 1. The van der Waals surface area contributed by atoms with E-state index in [9.17, 15) is 26.4 Å². The average molecular weight is 444 g/mol. The monoisotopic (exact) mass is 444 g/mol. The first-order valence-corrected chi connectivity index (χ1v) is 10.5. The van der Waals surface area contributed by atoms with Gasteiger partial charge in [-0.25, -0.2) is 21.6 Å². The number of halogens is 3. The number of benzene rings is 2. The molecule has 0 aromatic heterocycles. The summed E-state index contributed by atoms with van der Waals surface area (Å²) < 4.78 is 77.9. The molecule has 0 atom stereocenters. The molecule has 7 nitrogen and oxygen atoms in total. The summed E-state index contributed by atoms with van der Waals surface area (Å²) in [5, 5.41) is 2.07. The molecule has 0 radical (unpaired) electrons. The summed E-state index contributed by atoms with van der Waals surface area (Å²) in [6.45, 7) is 1.70. The number of rotatable bonds is 7. The molecule has 1 aliphatic heterocycles. The molecular weight excluding hydrogens is 425 g/mol. The van der Waals surface area contributed by atoms with Crippen LogP contribution in [0.25, 0.3) is 0 Å². The van der Waals surface area contributed by atoms with Crippen molar-refractivity contribution in [3.8, 4) is 11.5 Å². The Bertz CT molecular complexity index is 1060. The van der Waals surface area contributed by atoms with Gasteiger partial charge in [-0.15, -0.1) is 0 Å². The second-order valence-electron chi connectivity index (χ2n) is 6.42. The van der Waals surface area contributed by atoms with Gasteiger partial charge in [0.25, 0.3) is 0 Å². The van der Waals surface area contributed by atoms with E-state index in [1.165, 1.54) is 18.2 Å². The zero-order chi connectivity index (χ0) is 21.9. The lowest BCUT2D eigenvalue weighted by Crippen LogP contribution is -2.38. The molecule has 162 valence electrons. The first-order valence-electron chi connectivity index (χ1n) is 9.07. The molecular formula is C19H19F3N2O5S. The third-order valence-electron chi connectivity index (χ3n) is 4.25. The standard InChI is InChI=1S/C19H19F3N2O5S/c1-2-7-24(11-17(25)23-14-5-4-13(20)18(21)19(14)22)30(26,27)12-3-6-15-16(10-12)29-9-8-28-15/h3-6,10H,2,7-9,11H2,1H3,(H,23,25). The molecule has 0 aliphatic carbocycles. The molecule has 0 bridgehead atoms. The predicted octanol–water partition coefficient (Wildman–Crippen LogP) is 2.91. The zero-order valence-corrected chi connectivity index (χ0v) is 16.8. The quantitative estimate of drug-likeness (QED) is 0.664. The van der Waals surface area contributed by atoms with E-state index in [1.807, 2.05) is 0 Å². The van der Waals surface area contributed by atoms with Crippen LogP contribution in [0.5, 0.6) is 11.5 Å². The lowest BCUT2D eigenvalue weighted by molar-refractivity contribution is -0.116. The van der Waals surface area contributed by atoms with Crippen LogP contribution in [0.2, 0.25) is 0 Å². The molecule has 0 spiro atoms. The van der Waals surface area contributed by atoms with Crippen LogP contribution in [0.4, 0.5) is 18.9 Å². The highest BCUT2D eigenvalue weighted by molar-refractivity contribution is 7.89. The van der Waals surface area contributed by atoms with Crippen LogP contribution < -0.4 is 14.8 Å². The molecule has 2 aromatic rings. The minimum absolute atomic E-state index is 0.00442. The number of carbonyl (C=O) groups excluding carboxylic acids is 1. The van der Waals surface area contributed by atoms with Crippen molar-refractivity contribution in [2.75, 3.05) is 31.6 Å². The van der Waals surface area contributed by atoms with Gasteiger partial charge in [0, 0.05) is 12.6 Å². The third kappa shape index (κ3) is 4.51. The Kier molecular flexibility index (Phi) is 6.52. The largest absolute Gasteiger partial charge is 0.486 e. The number of nitrogens with zero attached hydrogens (tertiary/aromatic N) is 1. The van der Waals surface area contributed by atoms with Crippen molar-refractivity contribution in [2.45, 2.75) is 18.2 Å². The van der Waals surface area contributed by atoms with E-state index in [0.717, 1.165) is 10.4 Å². The molecule has 0 fully saturated rings. The number of nitrogens with one attached hydrogen (secondary N) is 1. The molecule has 0 saturated carbocycles. The van der Waals surface area contributed by atoms with Crippen molar-refractivity contribution in [1.82, 2.24) is 4.31 Å². The van der Waals surface area contributed by atoms with Crippen LogP contribution in [0, 0.1) is 17.5 Å².